The quantitative estimate of drug-likeness (QED) is 0.488. The lowest BCUT2D eigenvalue weighted by Crippen LogP contribution is -2.46. The maximum absolute atomic E-state index is 13.6. The molecule has 0 bridgehead atoms. The Balaban J connectivity index is 1.49. The second-order valence-corrected chi connectivity index (χ2v) is 8.26. The van der Waals surface area contributed by atoms with E-state index < -0.39 is 0 Å². The fraction of sp³-hybridized carbons (Fsp3) is 0.269. The molecule has 5 rings (SSSR count). The van der Waals surface area contributed by atoms with Gasteiger partial charge in [-0.2, -0.15) is 0 Å². The molecular weight excluding hydrogens is 414 g/mol. The third-order valence-corrected chi connectivity index (χ3v) is 6.24. The molecule has 33 heavy (non-hydrogen) atoms. The molecule has 1 aliphatic rings. The number of para-hydroxylation sites is 2. The normalized spacial score (nSPS) is 14.5. The topological polar surface area (TPSA) is 74.5 Å². The van der Waals surface area contributed by atoms with Gasteiger partial charge < -0.3 is 19.6 Å². The van der Waals surface area contributed by atoms with Crippen molar-refractivity contribution in [1.29, 1.82) is 0 Å². The first-order chi connectivity index (χ1) is 16.1. The van der Waals surface area contributed by atoms with E-state index in [0.29, 0.717) is 28.1 Å². The number of anilines is 2. The number of carbonyl (C=O) groups is 1. The summed E-state index contributed by atoms with van der Waals surface area (Å²) in [6.07, 6.45) is 0. The first kappa shape index (κ1) is 21.2. The van der Waals surface area contributed by atoms with Gasteiger partial charge >= 0.3 is 0 Å². The Kier molecular flexibility index (Phi) is 5.79. The standard InChI is InChI=1S/C26H27N5O2/c1-3-30-13-15-31(16-14-30)23-12-8-7-11-21(23)27-25(32)20-17-22(19-9-5-4-6-10-19)28-26-24(20)18(2)29-33-26/h4-12,17H,3,13-16H2,1-2H3,(H,27,32). The molecule has 0 spiro atoms. The molecule has 7 heteroatoms. The van der Waals surface area contributed by atoms with Gasteiger partial charge in [-0.05, 0) is 31.7 Å². The van der Waals surface area contributed by atoms with Crippen LogP contribution in [0.2, 0.25) is 0 Å². The summed E-state index contributed by atoms with van der Waals surface area (Å²) in [6.45, 7) is 8.98. The lowest BCUT2D eigenvalue weighted by atomic mass is 10.0. The van der Waals surface area contributed by atoms with E-state index in [4.69, 9.17) is 4.52 Å². The van der Waals surface area contributed by atoms with Crippen LogP contribution in [-0.4, -0.2) is 53.7 Å². The van der Waals surface area contributed by atoms with Crippen LogP contribution in [0, 0.1) is 6.92 Å². The highest BCUT2D eigenvalue weighted by Crippen LogP contribution is 2.30. The maximum Gasteiger partial charge on any atom is 0.259 e. The number of fused-ring (bicyclic) bond motifs is 1. The van der Waals surface area contributed by atoms with E-state index in [0.717, 1.165) is 49.7 Å². The molecule has 0 unspecified atom stereocenters. The molecule has 7 nitrogen and oxygen atoms in total. The molecule has 1 saturated heterocycles. The van der Waals surface area contributed by atoms with Crippen molar-refractivity contribution in [2.24, 2.45) is 0 Å². The summed E-state index contributed by atoms with van der Waals surface area (Å²) >= 11 is 0. The van der Waals surface area contributed by atoms with Crippen LogP contribution in [0.5, 0.6) is 0 Å². The van der Waals surface area contributed by atoms with E-state index in [1.54, 1.807) is 0 Å². The number of aromatic nitrogens is 2. The van der Waals surface area contributed by atoms with E-state index in [1.165, 1.54) is 0 Å². The number of hydrogen-bond acceptors (Lipinski definition) is 6. The van der Waals surface area contributed by atoms with Crippen molar-refractivity contribution in [1.82, 2.24) is 15.0 Å². The van der Waals surface area contributed by atoms with Crippen molar-refractivity contribution < 1.29 is 9.32 Å². The van der Waals surface area contributed by atoms with E-state index in [2.05, 4.69) is 38.2 Å². The molecule has 168 valence electrons. The number of benzene rings is 2. The van der Waals surface area contributed by atoms with Crippen molar-refractivity contribution in [3.05, 3.63) is 71.9 Å². The van der Waals surface area contributed by atoms with Gasteiger partial charge in [0, 0.05) is 31.7 Å². The molecule has 1 fully saturated rings. The molecular formula is C26H27N5O2. The van der Waals surface area contributed by atoms with E-state index in [-0.39, 0.29) is 5.91 Å². The molecule has 3 heterocycles. The van der Waals surface area contributed by atoms with Crippen molar-refractivity contribution >= 4 is 28.4 Å². The third-order valence-electron chi connectivity index (χ3n) is 6.24. The minimum absolute atomic E-state index is 0.203. The largest absolute Gasteiger partial charge is 0.367 e. The highest BCUT2D eigenvalue weighted by molar-refractivity contribution is 6.13. The molecule has 1 aliphatic heterocycles. The van der Waals surface area contributed by atoms with E-state index >= 15 is 0 Å². The molecule has 0 aliphatic carbocycles. The predicted molar refractivity (Wildman–Crippen MR) is 131 cm³/mol. The van der Waals surface area contributed by atoms with Crippen LogP contribution in [0.4, 0.5) is 11.4 Å². The van der Waals surface area contributed by atoms with Crippen LogP contribution >= 0.6 is 0 Å². The number of nitrogens with one attached hydrogen (secondary N) is 1. The minimum Gasteiger partial charge on any atom is -0.367 e. The zero-order valence-electron chi connectivity index (χ0n) is 18.9. The number of amides is 1. The monoisotopic (exact) mass is 441 g/mol. The number of piperazine rings is 1. The van der Waals surface area contributed by atoms with Gasteiger partial charge in [0.25, 0.3) is 11.6 Å². The smallest absolute Gasteiger partial charge is 0.259 e. The van der Waals surface area contributed by atoms with E-state index in [9.17, 15) is 4.79 Å². The maximum atomic E-state index is 13.6. The summed E-state index contributed by atoms with van der Waals surface area (Å²) in [5, 5.41) is 7.84. The third kappa shape index (κ3) is 4.19. The highest BCUT2D eigenvalue weighted by Gasteiger charge is 2.22. The number of nitrogens with zero attached hydrogens (tertiary/aromatic N) is 4. The number of rotatable bonds is 5. The van der Waals surface area contributed by atoms with Gasteiger partial charge in [0.15, 0.2) is 0 Å². The predicted octanol–water partition coefficient (Wildman–Crippen LogP) is 4.59. The Morgan fingerprint density at radius 2 is 1.76 bits per heavy atom. The van der Waals surface area contributed by atoms with Crippen molar-refractivity contribution in [2.45, 2.75) is 13.8 Å². The molecule has 1 amide bonds. The number of aryl methyl sites for hydroxylation is 1. The first-order valence-electron chi connectivity index (χ1n) is 11.3. The Labute approximate surface area is 193 Å². The van der Waals surface area contributed by atoms with Crippen LogP contribution in [0.1, 0.15) is 23.0 Å². The SMILES string of the molecule is CCN1CCN(c2ccccc2NC(=O)c2cc(-c3ccccc3)nc3onc(C)c23)CC1. The minimum atomic E-state index is -0.203. The van der Waals surface area contributed by atoms with Gasteiger partial charge in [-0.1, -0.05) is 54.5 Å². The lowest BCUT2D eigenvalue weighted by molar-refractivity contribution is 0.102. The van der Waals surface area contributed by atoms with Gasteiger partial charge in [-0.15, -0.1) is 0 Å². The molecule has 2 aromatic heterocycles. The number of hydrogen-bond donors (Lipinski definition) is 1. The van der Waals surface area contributed by atoms with Gasteiger partial charge in [-0.25, -0.2) is 4.98 Å². The molecule has 4 aromatic rings. The summed E-state index contributed by atoms with van der Waals surface area (Å²) in [5.74, 6) is -0.203. The van der Waals surface area contributed by atoms with Gasteiger partial charge in [0.1, 0.15) is 0 Å². The summed E-state index contributed by atoms with van der Waals surface area (Å²) in [7, 11) is 0. The highest BCUT2D eigenvalue weighted by atomic mass is 16.5. The zero-order valence-corrected chi connectivity index (χ0v) is 18.9. The molecule has 1 N–H and O–H groups in total. The first-order valence-corrected chi connectivity index (χ1v) is 11.3. The summed E-state index contributed by atoms with van der Waals surface area (Å²) in [6, 6.07) is 19.6. The summed E-state index contributed by atoms with van der Waals surface area (Å²) in [5.41, 5.74) is 4.94. The lowest BCUT2D eigenvalue weighted by Gasteiger charge is -2.36. The average Bonchev–Trinajstić information content (AvgIpc) is 3.25. The number of pyridine rings is 1. The fourth-order valence-electron chi connectivity index (χ4n) is 4.38. The summed E-state index contributed by atoms with van der Waals surface area (Å²) < 4.78 is 5.44. The Bertz CT molecular complexity index is 1280. The number of likely N-dealkylation sites (N-methyl/N-ethyl adjacent to an activating group) is 1. The van der Waals surface area contributed by atoms with Gasteiger partial charge in [0.05, 0.1) is 33.7 Å². The molecule has 0 saturated carbocycles. The van der Waals surface area contributed by atoms with Crippen LogP contribution in [-0.2, 0) is 0 Å². The Hall–Kier alpha value is -3.71. The Morgan fingerprint density at radius 1 is 1.03 bits per heavy atom. The van der Waals surface area contributed by atoms with Crippen LogP contribution in [0.15, 0.2) is 65.2 Å². The van der Waals surface area contributed by atoms with Crippen molar-refractivity contribution in [3.8, 4) is 11.3 Å². The summed E-state index contributed by atoms with van der Waals surface area (Å²) in [4.78, 5) is 22.9. The second-order valence-electron chi connectivity index (χ2n) is 8.26. The van der Waals surface area contributed by atoms with Crippen LogP contribution < -0.4 is 10.2 Å². The average molecular weight is 442 g/mol. The molecule has 2 aromatic carbocycles. The van der Waals surface area contributed by atoms with Crippen molar-refractivity contribution in [2.75, 3.05) is 42.9 Å². The molecule has 0 radical (unpaired) electrons. The van der Waals surface area contributed by atoms with Crippen molar-refractivity contribution in [3.63, 3.8) is 0 Å². The zero-order chi connectivity index (χ0) is 22.8. The molecule has 0 atom stereocenters. The second kappa shape index (κ2) is 9.03. The fourth-order valence-corrected chi connectivity index (χ4v) is 4.38. The van der Waals surface area contributed by atoms with Gasteiger partial charge in [0.2, 0.25) is 0 Å². The Morgan fingerprint density at radius 3 is 2.52 bits per heavy atom. The van der Waals surface area contributed by atoms with Gasteiger partial charge in [-0.3, -0.25) is 4.79 Å². The van der Waals surface area contributed by atoms with E-state index in [1.807, 2.05) is 61.5 Å². The van der Waals surface area contributed by atoms with Crippen LogP contribution in [0.3, 0.4) is 0 Å². The van der Waals surface area contributed by atoms with Crippen LogP contribution in [0.25, 0.3) is 22.4 Å². The number of carbonyl (C=O) groups excluding carboxylic acids is 1.